The minimum absolute atomic E-state index is 0.117. The van der Waals surface area contributed by atoms with Crippen molar-refractivity contribution in [2.24, 2.45) is 5.92 Å². The zero-order valence-electron chi connectivity index (χ0n) is 13.3. The van der Waals surface area contributed by atoms with Gasteiger partial charge in [0.2, 0.25) is 0 Å². The van der Waals surface area contributed by atoms with Crippen LogP contribution in [0, 0.1) is 5.92 Å². The van der Waals surface area contributed by atoms with Gasteiger partial charge in [-0.25, -0.2) is 0 Å². The summed E-state index contributed by atoms with van der Waals surface area (Å²) in [7, 11) is 5.77. The number of methoxy groups -OCH3 is 1. The monoisotopic (exact) mass is 283 g/mol. The van der Waals surface area contributed by atoms with Crippen molar-refractivity contribution in [3.63, 3.8) is 0 Å². The molecule has 116 valence electrons. The lowest BCUT2D eigenvalue weighted by molar-refractivity contribution is -0.143. The maximum absolute atomic E-state index is 11.8. The van der Waals surface area contributed by atoms with Gasteiger partial charge in [-0.05, 0) is 39.3 Å². The number of carbonyl (C=O) groups is 1. The van der Waals surface area contributed by atoms with Gasteiger partial charge in [-0.15, -0.1) is 0 Å². The van der Waals surface area contributed by atoms with Crippen LogP contribution in [0.3, 0.4) is 0 Å². The standard InChI is InChI=1S/C15H29N3O2/c1-11-9-18(10-14(11)17(2)3)8-7-13(15(19)20-4)16-12-5-6-12/h11-14,16H,5-10H2,1-4H3. The normalized spacial score (nSPS) is 28.9. The number of esters is 1. The van der Waals surface area contributed by atoms with E-state index in [9.17, 15) is 4.79 Å². The highest BCUT2D eigenvalue weighted by Gasteiger charge is 2.33. The minimum Gasteiger partial charge on any atom is -0.468 e. The van der Waals surface area contributed by atoms with E-state index in [4.69, 9.17) is 4.74 Å². The summed E-state index contributed by atoms with van der Waals surface area (Å²) < 4.78 is 4.91. The number of rotatable bonds is 7. The molecule has 0 radical (unpaired) electrons. The second kappa shape index (κ2) is 6.87. The molecule has 5 nitrogen and oxygen atoms in total. The van der Waals surface area contributed by atoms with E-state index in [0.29, 0.717) is 18.0 Å². The molecule has 2 fully saturated rings. The second-order valence-electron chi connectivity index (χ2n) is 6.57. The number of hydrogen-bond donors (Lipinski definition) is 1. The van der Waals surface area contributed by atoms with Gasteiger partial charge in [-0.3, -0.25) is 4.79 Å². The van der Waals surface area contributed by atoms with E-state index in [2.05, 4.69) is 36.1 Å². The summed E-state index contributed by atoms with van der Waals surface area (Å²) >= 11 is 0. The molecule has 0 aromatic heterocycles. The number of likely N-dealkylation sites (tertiary alicyclic amines) is 1. The van der Waals surface area contributed by atoms with E-state index in [1.165, 1.54) is 20.0 Å². The van der Waals surface area contributed by atoms with Crippen LogP contribution in [-0.4, -0.2) is 74.7 Å². The average Bonchev–Trinajstić information content (AvgIpc) is 3.15. The topological polar surface area (TPSA) is 44.8 Å². The van der Waals surface area contributed by atoms with Crippen molar-refractivity contribution in [1.82, 2.24) is 15.1 Å². The van der Waals surface area contributed by atoms with Gasteiger partial charge in [0.1, 0.15) is 6.04 Å². The first-order chi connectivity index (χ1) is 9.51. The minimum atomic E-state index is -0.138. The van der Waals surface area contributed by atoms with E-state index in [1.807, 2.05) is 0 Å². The van der Waals surface area contributed by atoms with Gasteiger partial charge < -0.3 is 19.9 Å². The molecule has 1 aliphatic heterocycles. The first kappa shape index (κ1) is 15.7. The van der Waals surface area contributed by atoms with Crippen LogP contribution in [0.4, 0.5) is 0 Å². The molecular formula is C15H29N3O2. The summed E-state index contributed by atoms with van der Waals surface area (Å²) in [5, 5.41) is 3.40. The fraction of sp³-hybridized carbons (Fsp3) is 0.933. The zero-order chi connectivity index (χ0) is 14.7. The number of nitrogens with one attached hydrogen (secondary N) is 1. The van der Waals surface area contributed by atoms with Crippen LogP contribution in [0.1, 0.15) is 26.2 Å². The van der Waals surface area contributed by atoms with Crippen LogP contribution in [-0.2, 0) is 9.53 Å². The van der Waals surface area contributed by atoms with Crippen molar-refractivity contribution in [1.29, 1.82) is 0 Å². The van der Waals surface area contributed by atoms with Crippen LogP contribution in [0.25, 0.3) is 0 Å². The van der Waals surface area contributed by atoms with Gasteiger partial charge in [-0.1, -0.05) is 6.92 Å². The molecule has 0 bridgehead atoms. The third kappa shape index (κ3) is 4.17. The number of hydrogen-bond acceptors (Lipinski definition) is 5. The van der Waals surface area contributed by atoms with Crippen LogP contribution in [0.2, 0.25) is 0 Å². The molecule has 0 aromatic carbocycles. The average molecular weight is 283 g/mol. The van der Waals surface area contributed by atoms with Crippen molar-refractivity contribution in [2.75, 3.05) is 40.8 Å². The Morgan fingerprint density at radius 2 is 2.10 bits per heavy atom. The van der Waals surface area contributed by atoms with Crippen molar-refractivity contribution in [2.45, 2.75) is 44.3 Å². The Kier molecular flexibility index (Phi) is 5.41. The van der Waals surface area contributed by atoms with Crippen molar-refractivity contribution in [3.05, 3.63) is 0 Å². The van der Waals surface area contributed by atoms with E-state index in [0.717, 1.165) is 26.1 Å². The molecule has 2 rings (SSSR count). The maximum atomic E-state index is 11.8. The lowest BCUT2D eigenvalue weighted by atomic mass is 10.1. The molecule has 3 atom stereocenters. The first-order valence-electron chi connectivity index (χ1n) is 7.74. The predicted molar refractivity (Wildman–Crippen MR) is 79.7 cm³/mol. The molecule has 1 saturated carbocycles. The Balaban J connectivity index is 1.78. The van der Waals surface area contributed by atoms with Crippen LogP contribution < -0.4 is 5.32 Å². The van der Waals surface area contributed by atoms with Crippen LogP contribution in [0.5, 0.6) is 0 Å². The summed E-state index contributed by atoms with van der Waals surface area (Å²) in [6, 6.07) is 1.02. The van der Waals surface area contributed by atoms with Gasteiger partial charge in [0, 0.05) is 31.7 Å². The summed E-state index contributed by atoms with van der Waals surface area (Å²) in [5.41, 5.74) is 0. The molecule has 2 aliphatic rings. The van der Waals surface area contributed by atoms with Crippen molar-refractivity contribution < 1.29 is 9.53 Å². The zero-order valence-corrected chi connectivity index (χ0v) is 13.3. The highest BCUT2D eigenvalue weighted by molar-refractivity contribution is 5.75. The Hall–Kier alpha value is -0.650. The second-order valence-corrected chi connectivity index (χ2v) is 6.57. The highest BCUT2D eigenvalue weighted by atomic mass is 16.5. The molecule has 3 unspecified atom stereocenters. The Bertz CT molecular complexity index is 331. The van der Waals surface area contributed by atoms with Crippen molar-refractivity contribution >= 4 is 5.97 Å². The summed E-state index contributed by atoms with van der Waals surface area (Å²) in [6.07, 6.45) is 3.23. The van der Waals surface area contributed by atoms with Gasteiger partial charge in [0.25, 0.3) is 0 Å². The molecule has 1 N–H and O–H groups in total. The molecular weight excluding hydrogens is 254 g/mol. The van der Waals surface area contributed by atoms with Crippen LogP contribution >= 0.6 is 0 Å². The van der Waals surface area contributed by atoms with Gasteiger partial charge in [-0.2, -0.15) is 0 Å². The maximum Gasteiger partial charge on any atom is 0.322 e. The third-order valence-corrected chi connectivity index (χ3v) is 4.55. The molecule has 1 aliphatic carbocycles. The molecule has 1 saturated heterocycles. The molecule has 0 amide bonds. The summed E-state index contributed by atoms with van der Waals surface area (Å²) in [4.78, 5) is 16.6. The van der Waals surface area contributed by atoms with E-state index < -0.39 is 0 Å². The number of ether oxygens (including phenoxy) is 1. The predicted octanol–water partition coefficient (Wildman–Crippen LogP) is 0.552. The summed E-state index contributed by atoms with van der Waals surface area (Å²) in [6.45, 7) is 5.50. The highest BCUT2D eigenvalue weighted by Crippen LogP contribution is 2.22. The Morgan fingerprint density at radius 1 is 1.40 bits per heavy atom. The van der Waals surface area contributed by atoms with E-state index >= 15 is 0 Å². The molecule has 0 aromatic rings. The van der Waals surface area contributed by atoms with E-state index in [1.54, 1.807) is 0 Å². The molecule has 1 heterocycles. The first-order valence-corrected chi connectivity index (χ1v) is 7.74. The lowest BCUT2D eigenvalue weighted by Gasteiger charge is -2.23. The van der Waals surface area contributed by atoms with Gasteiger partial charge in [0.15, 0.2) is 0 Å². The van der Waals surface area contributed by atoms with Crippen molar-refractivity contribution in [3.8, 4) is 0 Å². The number of nitrogens with zero attached hydrogens (tertiary/aromatic N) is 2. The number of carbonyl (C=O) groups excluding carboxylic acids is 1. The number of likely N-dealkylation sites (N-methyl/N-ethyl adjacent to an activating group) is 1. The Morgan fingerprint density at radius 3 is 2.60 bits per heavy atom. The van der Waals surface area contributed by atoms with Crippen LogP contribution in [0.15, 0.2) is 0 Å². The quantitative estimate of drug-likeness (QED) is 0.692. The summed E-state index contributed by atoms with van der Waals surface area (Å²) in [5.74, 6) is 0.575. The molecule has 0 spiro atoms. The van der Waals surface area contributed by atoms with Gasteiger partial charge >= 0.3 is 5.97 Å². The SMILES string of the molecule is COC(=O)C(CCN1CC(C)C(N(C)C)C1)NC1CC1. The molecule has 20 heavy (non-hydrogen) atoms. The largest absolute Gasteiger partial charge is 0.468 e. The fourth-order valence-corrected chi connectivity index (χ4v) is 3.16. The lowest BCUT2D eigenvalue weighted by Crippen LogP contribution is -2.42. The Labute approximate surface area is 122 Å². The third-order valence-electron chi connectivity index (χ3n) is 4.55. The fourth-order valence-electron chi connectivity index (χ4n) is 3.16. The smallest absolute Gasteiger partial charge is 0.322 e. The van der Waals surface area contributed by atoms with Gasteiger partial charge in [0.05, 0.1) is 7.11 Å². The van der Waals surface area contributed by atoms with E-state index in [-0.39, 0.29) is 12.0 Å². The molecule has 5 heteroatoms.